The molecule has 19 heavy (non-hydrogen) atoms. The first-order valence-corrected chi connectivity index (χ1v) is 6.58. The summed E-state index contributed by atoms with van der Waals surface area (Å²) in [6.07, 6.45) is 0. The van der Waals surface area contributed by atoms with Gasteiger partial charge in [0.15, 0.2) is 0 Å². The average molecular weight is 262 g/mol. The lowest BCUT2D eigenvalue weighted by atomic mass is 10.0. The molecule has 0 aliphatic carbocycles. The van der Waals surface area contributed by atoms with E-state index < -0.39 is 0 Å². The maximum atomic E-state index is 12.3. The van der Waals surface area contributed by atoms with E-state index in [4.69, 9.17) is 9.47 Å². The van der Waals surface area contributed by atoms with Crippen molar-refractivity contribution >= 4 is 17.3 Å². The monoisotopic (exact) mass is 262 g/mol. The number of nitrogens with zero attached hydrogens (tertiary/aromatic N) is 1. The fourth-order valence-electron chi connectivity index (χ4n) is 2.95. The van der Waals surface area contributed by atoms with Crippen molar-refractivity contribution in [3.8, 4) is 5.75 Å². The Balaban J connectivity index is 2.12. The first-order valence-electron chi connectivity index (χ1n) is 6.58. The van der Waals surface area contributed by atoms with Crippen LogP contribution in [-0.2, 0) is 9.53 Å². The minimum atomic E-state index is -0.114. The summed E-state index contributed by atoms with van der Waals surface area (Å²) in [5, 5.41) is 2.99. The van der Waals surface area contributed by atoms with Gasteiger partial charge in [0.25, 0.3) is 0 Å². The van der Waals surface area contributed by atoms with Gasteiger partial charge in [0, 0.05) is 6.54 Å². The molecule has 5 nitrogen and oxygen atoms in total. The number of anilines is 2. The predicted octanol–water partition coefficient (Wildman–Crippen LogP) is 1.49. The topological polar surface area (TPSA) is 50.8 Å². The fraction of sp³-hybridized carbons (Fsp3) is 0.500. The lowest BCUT2D eigenvalue weighted by Crippen LogP contribution is -2.42. The molecule has 2 heterocycles. The number of hydrogen-bond acceptors (Lipinski definition) is 4. The van der Waals surface area contributed by atoms with Crippen LogP contribution in [0.15, 0.2) is 18.2 Å². The molecule has 0 radical (unpaired) electrons. The van der Waals surface area contributed by atoms with E-state index in [1.165, 1.54) is 0 Å². The van der Waals surface area contributed by atoms with Crippen LogP contribution in [0.1, 0.15) is 6.92 Å². The maximum absolute atomic E-state index is 12.3. The summed E-state index contributed by atoms with van der Waals surface area (Å²) in [7, 11) is 1.62. The molecule has 3 rings (SSSR count). The van der Waals surface area contributed by atoms with Crippen LogP contribution in [0, 0.1) is 5.92 Å². The van der Waals surface area contributed by atoms with Crippen molar-refractivity contribution in [1.29, 1.82) is 0 Å². The van der Waals surface area contributed by atoms with Crippen molar-refractivity contribution in [3.63, 3.8) is 0 Å². The molecule has 1 saturated heterocycles. The first kappa shape index (κ1) is 12.3. The zero-order valence-corrected chi connectivity index (χ0v) is 11.2. The molecular formula is C14H18N2O3. The first-order chi connectivity index (χ1) is 9.26. The molecule has 2 aliphatic rings. The summed E-state index contributed by atoms with van der Waals surface area (Å²) in [6, 6.07) is 5.94. The van der Waals surface area contributed by atoms with Crippen molar-refractivity contribution in [2.75, 3.05) is 37.1 Å². The van der Waals surface area contributed by atoms with Crippen molar-refractivity contribution in [2.24, 2.45) is 5.92 Å². The van der Waals surface area contributed by atoms with Crippen LogP contribution in [0.5, 0.6) is 5.75 Å². The quantitative estimate of drug-likeness (QED) is 0.877. The Kier molecular flexibility index (Phi) is 3.06. The number of rotatable bonds is 2. The van der Waals surface area contributed by atoms with Crippen molar-refractivity contribution < 1.29 is 14.3 Å². The predicted molar refractivity (Wildman–Crippen MR) is 72.7 cm³/mol. The molecule has 2 atom stereocenters. The third kappa shape index (κ3) is 1.85. The Bertz CT molecular complexity index is 503. The van der Waals surface area contributed by atoms with Crippen LogP contribution >= 0.6 is 0 Å². The van der Waals surface area contributed by atoms with E-state index in [1.807, 2.05) is 18.2 Å². The van der Waals surface area contributed by atoms with Gasteiger partial charge in [0.05, 0.1) is 38.0 Å². The van der Waals surface area contributed by atoms with Crippen LogP contribution in [0.3, 0.4) is 0 Å². The lowest BCUT2D eigenvalue weighted by Gasteiger charge is -2.30. The average Bonchev–Trinajstić information content (AvgIpc) is 2.86. The minimum absolute atomic E-state index is 0.0178. The number of likely N-dealkylation sites (N-methyl/N-ethyl adjacent to an activating group) is 1. The number of amides is 1. The molecule has 0 bridgehead atoms. The fourth-order valence-corrected chi connectivity index (χ4v) is 2.95. The summed E-state index contributed by atoms with van der Waals surface area (Å²) < 4.78 is 10.8. The third-order valence-corrected chi connectivity index (χ3v) is 3.91. The second-order valence-electron chi connectivity index (χ2n) is 4.84. The molecule has 1 aromatic rings. The number of ether oxygens (including phenoxy) is 2. The number of para-hydroxylation sites is 1. The van der Waals surface area contributed by atoms with Gasteiger partial charge in [0.1, 0.15) is 11.4 Å². The molecule has 2 aliphatic heterocycles. The number of fused-ring (bicyclic) bond motifs is 2. The van der Waals surface area contributed by atoms with E-state index in [9.17, 15) is 4.79 Å². The number of nitrogens with one attached hydrogen (secondary N) is 1. The van der Waals surface area contributed by atoms with Gasteiger partial charge in [-0.15, -0.1) is 0 Å². The van der Waals surface area contributed by atoms with E-state index in [2.05, 4.69) is 17.1 Å². The Morgan fingerprint density at radius 1 is 1.47 bits per heavy atom. The number of carbonyl (C=O) groups is 1. The molecule has 0 aromatic heterocycles. The molecule has 5 heteroatoms. The van der Waals surface area contributed by atoms with E-state index in [0.29, 0.717) is 19.0 Å². The van der Waals surface area contributed by atoms with Crippen molar-refractivity contribution in [1.82, 2.24) is 0 Å². The Morgan fingerprint density at radius 2 is 2.32 bits per heavy atom. The van der Waals surface area contributed by atoms with Gasteiger partial charge in [-0.25, -0.2) is 0 Å². The minimum Gasteiger partial charge on any atom is -0.494 e. The highest BCUT2D eigenvalue weighted by atomic mass is 16.5. The van der Waals surface area contributed by atoms with Crippen molar-refractivity contribution in [3.05, 3.63) is 18.2 Å². The summed E-state index contributed by atoms with van der Waals surface area (Å²) in [5.74, 6) is 0.603. The number of carbonyl (C=O) groups excluding carboxylic acids is 1. The van der Waals surface area contributed by atoms with Gasteiger partial charge in [0.2, 0.25) is 5.91 Å². The van der Waals surface area contributed by atoms with Crippen LogP contribution in [-0.4, -0.2) is 38.8 Å². The summed E-state index contributed by atoms with van der Waals surface area (Å²) in [5.41, 5.74) is 1.78. The maximum Gasteiger partial charge on any atom is 0.232 e. The Labute approximate surface area is 112 Å². The number of benzene rings is 1. The molecule has 1 amide bonds. The highest BCUT2D eigenvalue weighted by Gasteiger charge is 2.41. The summed E-state index contributed by atoms with van der Waals surface area (Å²) in [6.45, 7) is 4.01. The van der Waals surface area contributed by atoms with Crippen molar-refractivity contribution in [2.45, 2.75) is 13.0 Å². The smallest absolute Gasteiger partial charge is 0.232 e. The Hall–Kier alpha value is -1.75. The third-order valence-electron chi connectivity index (χ3n) is 3.91. The van der Waals surface area contributed by atoms with Crippen LogP contribution in [0.2, 0.25) is 0 Å². The van der Waals surface area contributed by atoms with E-state index in [1.54, 1.807) is 7.11 Å². The molecule has 1 N–H and O–H groups in total. The highest BCUT2D eigenvalue weighted by molar-refractivity contribution is 6.00. The molecule has 0 spiro atoms. The van der Waals surface area contributed by atoms with E-state index >= 15 is 0 Å². The van der Waals surface area contributed by atoms with Gasteiger partial charge >= 0.3 is 0 Å². The summed E-state index contributed by atoms with van der Waals surface area (Å²) in [4.78, 5) is 14.5. The molecule has 1 fully saturated rings. The largest absolute Gasteiger partial charge is 0.494 e. The molecule has 2 unspecified atom stereocenters. The lowest BCUT2D eigenvalue weighted by molar-refractivity contribution is -0.120. The zero-order chi connectivity index (χ0) is 13.4. The SMILES string of the molecule is CCN1c2cccc(OC)c2NC(=O)C2COCC21. The van der Waals surface area contributed by atoms with Gasteiger partial charge in [-0.1, -0.05) is 6.07 Å². The van der Waals surface area contributed by atoms with Crippen LogP contribution in [0.25, 0.3) is 0 Å². The van der Waals surface area contributed by atoms with E-state index in [-0.39, 0.29) is 17.9 Å². The van der Waals surface area contributed by atoms with Crippen LogP contribution < -0.4 is 15.0 Å². The highest BCUT2D eigenvalue weighted by Crippen LogP contribution is 2.40. The molecular weight excluding hydrogens is 244 g/mol. The molecule has 0 saturated carbocycles. The normalized spacial score (nSPS) is 25.4. The van der Waals surface area contributed by atoms with Crippen LogP contribution in [0.4, 0.5) is 11.4 Å². The summed E-state index contributed by atoms with van der Waals surface area (Å²) >= 11 is 0. The van der Waals surface area contributed by atoms with Gasteiger partial charge in [-0.05, 0) is 19.1 Å². The molecule has 102 valence electrons. The molecule has 1 aromatic carbocycles. The second kappa shape index (κ2) is 4.74. The number of hydrogen-bond donors (Lipinski definition) is 1. The second-order valence-corrected chi connectivity index (χ2v) is 4.84. The zero-order valence-electron chi connectivity index (χ0n) is 11.2. The van der Waals surface area contributed by atoms with Gasteiger partial charge < -0.3 is 19.7 Å². The van der Waals surface area contributed by atoms with E-state index in [0.717, 1.165) is 17.9 Å². The van der Waals surface area contributed by atoms with Gasteiger partial charge in [-0.2, -0.15) is 0 Å². The van der Waals surface area contributed by atoms with Gasteiger partial charge in [-0.3, -0.25) is 4.79 Å². The Morgan fingerprint density at radius 3 is 3.05 bits per heavy atom. The standard InChI is InChI=1S/C14H18N2O3/c1-3-16-10-5-4-6-12(18-2)13(10)15-14(17)9-7-19-8-11(9)16/h4-6,9,11H,3,7-8H2,1-2H3,(H,15,17). The number of methoxy groups -OCH3 is 1.